The van der Waals surface area contributed by atoms with E-state index < -0.39 is 0 Å². The lowest BCUT2D eigenvalue weighted by molar-refractivity contribution is -0.132. The largest absolute Gasteiger partial charge is 0.340 e. The highest BCUT2D eigenvalue weighted by Gasteiger charge is 2.22. The molecule has 134 valence electrons. The molecular weight excluding hydrogens is 377 g/mol. The maximum absolute atomic E-state index is 12.5. The number of carbonyl (C=O) groups is 1. The molecule has 1 amide bonds. The van der Waals surface area contributed by atoms with Crippen molar-refractivity contribution in [3.63, 3.8) is 0 Å². The van der Waals surface area contributed by atoms with Crippen LogP contribution in [0.15, 0.2) is 23.6 Å². The van der Waals surface area contributed by atoms with E-state index in [1.54, 1.807) is 17.4 Å². The first-order valence-corrected chi connectivity index (χ1v) is 10.1. The van der Waals surface area contributed by atoms with Crippen molar-refractivity contribution in [2.45, 2.75) is 26.3 Å². The number of amides is 1. The molecule has 0 atom stereocenters. The smallest absolute Gasteiger partial charge is 0.228 e. The van der Waals surface area contributed by atoms with Crippen LogP contribution in [0.3, 0.4) is 0 Å². The molecule has 0 aliphatic carbocycles. The van der Waals surface area contributed by atoms with E-state index in [2.05, 4.69) is 16.8 Å². The quantitative estimate of drug-likeness (QED) is 0.767. The number of aromatic nitrogens is 1. The molecule has 1 aromatic heterocycles. The van der Waals surface area contributed by atoms with E-state index in [-0.39, 0.29) is 5.91 Å². The van der Waals surface area contributed by atoms with E-state index in [9.17, 15) is 4.79 Å². The van der Waals surface area contributed by atoms with Crippen LogP contribution in [0.25, 0.3) is 0 Å². The van der Waals surface area contributed by atoms with Crippen molar-refractivity contribution in [1.82, 2.24) is 14.8 Å². The predicted octanol–water partition coefficient (Wildman–Crippen LogP) is 3.90. The van der Waals surface area contributed by atoms with Crippen LogP contribution in [0.2, 0.25) is 10.0 Å². The summed E-state index contributed by atoms with van der Waals surface area (Å²) in [6.07, 6.45) is 1.32. The molecule has 0 N–H and O–H groups in total. The molecule has 1 fully saturated rings. The number of halogens is 2. The SMILES string of the molecule is CCc1nc(CC(=O)N2CCN(Cc3cccc(Cl)c3Cl)CC2)cs1. The van der Waals surface area contributed by atoms with Crippen LogP contribution in [0, 0.1) is 0 Å². The number of hydrogen-bond acceptors (Lipinski definition) is 4. The van der Waals surface area contributed by atoms with E-state index in [0.29, 0.717) is 16.5 Å². The third-order valence-electron chi connectivity index (χ3n) is 4.38. The molecule has 0 bridgehead atoms. The zero-order chi connectivity index (χ0) is 17.8. The maximum atomic E-state index is 12.5. The molecule has 0 saturated carbocycles. The van der Waals surface area contributed by atoms with Crippen LogP contribution < -0.4 is 0 Å². The summed E-state index contributed by atoms with van der Waals surface area (Å²) >= 11 is 14.0. The second-order valence-corrected chi connectivity index (χ2v) is 7.86. The number of benzene rings is 1. The van der Waals surface area contributed by atoms with Gasteiger partial charge in [-0.05, 0) is 18.1 Å². The fraction of sp³-hybridized carbons (Fsp3) is 0.444. The summed E-state index contributed by atoms with van der Waals surface area (Å²) in [5.74, 6) is 0.161. The summed E-state index contributed by atoms with van der Waals surface area (Å²) < 4.78 is 0. The average molecular weight is 398 g/mol. The molecule has 1 aliphatic heterocycles. The standard InChI is InChI=1S/C18H21Cl2N3OS/c1-2-16-21-14(12-25-16)10-17(24)23-8-6-22(7-9-23)11-13-4-3-5-15(19)18(13)20/h3-5,12H,2,6-11H2,1H3. The first kappa shape index (κ1) is 18.6. The molecule has 3 rings (SSSR count). The summed E-state index contributed by atoms with van der Waals surface area (Å²) in [5, 5.41) is 4.29. The monoisotopic (exact) mass is 397 g/mol. The molecule has 7 heteroatoms. The van der Waals surface area contributed by atoms with Gasteiger partial charge in [0, 0.05) is 38.1 Å². The van der Waals surface area contributed by atoms with Gasteiger partial charge >= 0.3 is 0 Å². The fourth-order valence-corrected chi connectivity index (χ4v) is 4.05. The van der Waals surface area contributed by atoms with Gasteiger partial charge in [-0.25, -0.2) is 4.98 Å². The number of nitrogens with zero attached hydrogens (tertiary/aromatic N) is 3. The van der Waals surface area contributed by atoms with E-state index in [0.717, 1.165) is 55.4 Å². The van der Waals surface area contributed by atoms with Gasteiger partial charge in [0.15, 0.2) is 0 Å². The Labute approximate surface area is 162 Å². The Bertz CT molecular complexity index is 742. The van der Waals surface area contributed by atoms with Crippen LogP contribution in [0.1, 0.15) is 23.2 Å². The minimum atomic E-state index is 0.161. The molecule has 1 aliphatic rings. The Kier molecular flexibility index (Phi) is 6.34. The summed E-state index contributed by atoms with van der Waals surface area (Å²) in [7, 11) is 0. The van der Waals surface area contributed by atoms with Crippen LogP contribution in [-0.2, 0) is 24.2 Å². The molecule has 2 aromatic rings. The normalized spacial score (nSPS) is 15.6. The fourth-order valence-electron chi connectivity index (χ4n) is 2.93. The second kappa shape index (κ2) is 8.49. The second-order valence-electron chi connectivity index (χ2n) is 6.13. The minimum Gasteiger partial charge on any atom is -0.340 e. The van der Waals surface area contributed by atoms with Gasteiger partial charge in [-0.3, -0.25) is 9.69 Å². The molecule has 1 saturated heterocycles. The van der Waals surface area contributed by atoms with Crippen molar-refractivity contribution in [1.29, 1.82) is 0 Å². The van der Waals surface area contributed by atoms with Gasteiger partial charge in [0.1, 0.15) is 0 Å². The van der Waals surface area contributed by atoms with Gasteiger partial charge in [-0.1, -0.05) is 42.3 Å². The molecule has 1 aromatic carbocycles. The van der Waals surface area contributed by atoms with Crippen molar-refractivity contribution < 1.29 is 4.79 Å². The van der Waals surface area contributed by atoms with Gasteiger partial charge in [0.05, 0.1) is 27.2 Å². The van der Waals surface area contributed by atoms with Gasteiger partial charge < -0.3 is 4.90 Å². The third-order valence-corrected chi connectivity index (χ3v) is 6.28. The molecule has 0 unspecified atom stereocenters. The van der Waals surface area contributed by atoms with Gasteiger partial charge in [0.25, 0.3) is 0 Å². The number of aryl methyl sites for hydroxylation is 1. The number of piperazine rings is 1. The Morgan fingerprint density at radius 2 is 2.00 bits per heavy atom. The van der Waals surface area contributed by atoms with E-state index in [1.165, 1.54) is 0 Å². The summed E-state index contributed by atoms with van der Waals surface area (Å²) in [6, 6.07) is 5.72. The first-order chi connectivity index (χ1) is 12.1. The maximum Gasteiger partial charge on any atom is 0.228 e. The lowest BCUT2D eigenvalue weighted by atomic mass is 10.2. The lowest BCUT2D eigenvalue weighted by Crippen LogP contribution is -2.48. The highest BCUT2D eigenvalue weighted by molar-refractivity contribution is 7.09. The van der Waals surface area contributed by atoms with E-state index >= 15 is 0 Å². The molecule has 4 nitrogen and oxygen atoms in total. The van der Waals surface area contributed by atoms with Gasteiger partial charge in [-0.15, -0.1) is 11.3 Å². The zero-order valence-corrected chi connectivity index (χ0v) is 16.5. The Morgan fingerprint density at radius 1 is 1.24 bits per heavy atom. The van der Waals surface area contributed by atoms with Crippen molar-refractivity contribution in [3.8, 4) is 0 Å². The number of thiazole rings is 1. The topological polar surface area (TPSA) is 36.4 Å². The van der Waals surface area contributed by atoms with Crippen molar-refractivity contribution >= 4 is 40.4 Å². The molecule has 25 heavy (non-hydrogen) atoms. The van der Waals surface area contributed by atoms with E-state index in [1.807, 2.05) is 22.4 Å². The van der Waals surface area contributed by atoms with Gasteiger partial charge in [-0.2, -0.15) is 0 Å². The predicted molar refractivity (Wildman–Crippen MR) is 104 cm³/mol. The Morgan fingerprint density at radius 3 is 2.68 bits per heavy atom. The Hall–Kier alpha value is -1.14. The third kappa shape index (κ3) is 4.73. The molecule has 0 spiro atoms. The number of hydrogen-bond donors (Lipinski definition) is 0. The lowest BCUT2D eigenvalue weighted by Gasteiger charge is -2.35. The highest BCUT2D eigenvalue weighted by Crippen LogP contribution is 2.26. The summed E-state index contributed by atoms with van der Waals surface area (Å²) in [6.45, 7) is 5.99. The number of carbonyl (C=O) groups excluding carboxylic acids is 1. The minimum absolute atomic E-state index is 0.161. The summed E-state index contributed by atoms with van der Waals surface area (Å²) in [5.41, 5.74) is 1.92. The van der Waals surface area contributed by atoms with Crippen LogP contribution in [-0.4, -0.2) is 46.9 Å². The van der Waals surface area contributed by atoms with Crippen molar-refractivity contribution in [2.24, 2.45) is 0 Å². The van der Waals surface area contributed by atoms with Crippen LogP contribution in [0.4, 0.5) is 0 Å². The molecule has 2 heterocycles. The molecular formula is C18H21Cl2N3OS. The average Bonchev–Trinajstić information content (AvgIpc) is 3.07. The zero-order valence-electron chi connectivity index (χ0n) is 14.2. The number of rotatable bonds is 5. The van der Waals surface area contributed by atoms with E-state index in [4.69, 9.17) is 23.2 Å². The van der Waals surface area contributed by atoms with Crippen molar-refractivity contribution in [3.05, 3.63) is 49.9 Å². The molecule has 0 radical (unpaired) electrons. The van der Waals surface area contributed by atoms with Crippen LogP contribution >= 0.6 is 34.5 Å². The highest BCUT2D eigenvalue weighted by atomic mass is 35.5. The Balaban J connectivity index is 1.51. The first-order valence-electron chi connectivity index (χ1n) is 8.43. The van der Waals surface area contributed by atoms with Crippen LogP contribution in [0.5, 0.6) is 0 Å². The van der Waals surface area contributed by atoms with Crippen molar-refractivity contribution in [2.75, 3.05) is 26.2 Å². The summed E-state index contributed by atoms with van der Waals surface area (Å²) in [4.78, 5) is 21.2. The van der Waals surface area contributed by atoms with Gasteiger partial charge in [0.2, 0.25) is 5.91 Å².